The van der Waals surface area contributed by atoms with Gasteiger partial charge in [-0.1, -0.05) is 0 Å². The molecule has 0 aliphatic carbocycles. The van der Waals surface area contributed by atoms with Gasteiger partial charge in [0.1, 0.15) is 5.56 Å². The van der Waals surface area contributed by atoms with Crippen LogP contribution in [0.5, 0.6) is 0 Å². The van der Waals surface area contributed by atoms with Gasteiger partial charge in [-0.25, -0.2) is 9.78 Å². The Kier molecular flexibility index (Phi) is 3.87. The van der Waals surface area contributed by atoms with E-state index >= 15 is 0 Å². The standard InChI is InChI=1S/C14H20N4O3/c1-8-10-11(16-7-14(2,3)21-5)9(13(19)20)6-15-12(10)18(4)17-8/h6H,7H2,1-5H3,(H,15,16)(H,19,20). The Morgan fingerprint density at radius 1 is 1.52 bits per heavy atom. The van der Waals surface area contributed by atoms with Crippen molar-refractivity contribution in [1.29, 1.82) is 0 Å². The van der Waals surface area contributed by atoms with Gasteiger partial charge < -0.3 is 15.2 Å². The number of ether oxygens (including phenoxy) is 1. The highest BCUT2D eigenvalue weighted by Gasteiger charge is 2.22. The number of carboxylic acids is 1. The lowest BCUT2D eigenvalue weighted by Crippen LogP contribution is -2.32. The molecule has 2 heterocycles. The van der Waals surface area contributed by atoms with Crippen LogP contribution in [0.4, 0.5) is 5.69 Å². The molecular formula is C14H20N4O3. The molecule has 0 radical (unpaired) electrons. The van der Waals surface area contributed by atoms with E-state index in [1.165, 1.54) is 6.20 Å². The van der Waals surface area contributed by atoms with Gasteiger partial charge in [-0.2, -0.15) is 5.10 Å². The number of carboxylic acid groups (broad SMARTS) is 1. The molecule has 2 aromatic rings. The molecule has 0 aromatic carbocycles. The van der Waals surface area contributed by atoms with Crippen LogP contribution in [0.2, 0.25) is 0 Å². The van der Waals surface area contributed by atoms with Crippen LogP contribution in [-0.4, -0.2) is 45.1 Å². The van der Waals surface area contributed by atoms with Crippen molar-refractivity contribution in [3.63, 3.8) is 0 Å². The summed E-state index contributed by atoms with van der Waals surface area (Å²) in [7, 11) is 3.41. The summed E-state index contributed by atoms with van der Waals surface area (Å²) >= 11 is 0. The number of hydrogen-bond donors (Lipinski definition) is 2. The van der Waals surface area contributed by atoms with Gasteiger partial charge >= 0.3 is 5.97 Å². The Labute approximate surface area is 122 Å². The molecule has 0 saturated heterocycles. The first-order valence-electron chi connectivity index (χ1n) is 6.61. The number of fused-ring (bicyclic) bond motifs is 1. The quantitative estimate of drug-likeness (QED) is 0.873. The lowest BCUT2D eigenvalue weighted by atomic mass is 10.1. The van der Waals surface area contributed by atoms with Gasteiger partial charge in [0.05, 0.1) is 22.4 Å². The van der Waals surface area contributed by atoms with Crippen molar-refractivity contribution in [1.82, 2.24) is 14.8 Å². The monoisotopic (exact) mass is 292 g/mol. The Hall–Kier alpha value is -2.15. The molecular weight excluding hydrogens is 272 g/mol. The first kappa shape index (κ1) is 15.2. The van der Waals surface area contributed by atoms with Crippen molar-refractivity contribution in [2.24, 2.45) is 7.05 Å². The summed E-state index contributed by atoms with van der Waals surface area (Å²) in [6.07, 6.45) is 1.36. The highest BCUT2D eigenvalue weighted by atomic mass is 16.5. The van der Waals surface area contributed by atoms with E-state index in [0.29, 0.717) is 17.9 Å². The Morgan fingerprint density at radius 2 is 2.19 bits per heavy atom. The average molecular weight is 292 g/mol. The van der Waals surface area contributed by atoms with E-state index < -0.39 is 11.6 Å². The molecule has 0 atom stereocenters. The van der Waals surface area contributed by atoms with Gasteiger partial charge in [-0.3, -0.25) is 4.68 Å². The zero-order valence-corrected chi connectivity index (χ0v) is 12.9. The summed E-state index contributed by atoms with van der Waals surface area (Å²) in [6.45, 7) is 6.16. The summed E-state index contributed by atoms with van der Waals surface area (Å²) in [6, 6.07) is 0. The third-order valence-corrected chi connectivity index (χ3v) is 3.50. The summed E-state index contributed by atoms with van der Waals surface area (Å²) in [5.41, 5.74) is 1.63. The lowest BCUT2D eigenvalue weighted by molar-refractivity contribution is 0.0343. The third kappa shape index (κ3) is 2.82. The number of aryl methyl sites for hydroxylation is 2. The van der Waals surface area contributed by atoms with Crippen LogP contribution in [0.25, 0.3) is 11.0 Å². The van der Waals surface area contributed by atoms with Crippen molar-refractivity contribution in [3.05, 3.63) is 17.5 Å². The van der Waals surface area contributed by atoms with E-state index in [1.54, 1.807) is 18.8 Å². The van der Waals surface area contributed by atoms with Crippen LogP contribution in [-0.2, 0) is 11.8 Å². The smallest absolute Gasteiger partial charge is 0.339 e. The van der Waals surface area contributed by atoms with Gasteiger partial charge in [-0.15, -0.1) is 0 Å². The van der Waals surface area contributed by atoms with E-state index in [0.717, 1.165) is 11.1 Å². The lowest BCUT2D eigenvalue weighted by Gasteiger charge is -2.24. The molecule has 0 saturated carbocycles. The number of hydrogen-bond acceptors (Lipinski definition) is 5. The van der Waals surface area contributed by atoms with E-state index in [4.69, 9.17) is 4.74 Å². The number of aromatic nitrogens is 3. The van der Waals surface area contributed by atoms with E-state index in [2.05, 4.69) is 15.4 Å². The first-order valence-corrected chi connectivity index (χ1v) is 6.61. The largest absolute Gasteiger partial charge is 0.478 e. The predicted octanol–water partition coefficient (Wildman–Crippen LogP) is 1.81. The van der Waals surface area contributed by atoms with Gasteiger partial charge in [0.25, 0.3) is 0 Å². The Morgan fingerprint density at radius 3 is 2.76 bits per heavy atom. The highest BCUT2D eigenvalue weighted by molar-refractivity contribution is 6.04. The van der Waals surface area contributed by atoms with Crippen LogP contribution in [0.1, 0.15) is 29.9 Å². The second-order valence-corrected chi connectivity index (χ2v) is 5.58. The van der Waals surface area contributed by atoms with Crippen molar-refractivity contribution in [3.8, 4) is 0 Å². The van der Waals surface area contributed by atoms with Gasteiger partial charge in [0.15, 0.2) is 5.65 Å². The summed E-state index contributed by atoms with van der Waals surface area (Å²) < 4.78 is 7.00. The number of methoxy groups -OCH3 is 1. The Bertz CT molecular complexity index is 691. The number of nitrogens with one attached hydrogen (secondary N) is 1. The van der Waals surface area contributed by atoms with Gasteiger partial charge in [0.2, 0.25) is 0 Å². The summed E-state index contributed by atoms with van der Waals surface area (Å²) in [4.78, 5) is 15.6. The molecule has 0 unspecified atom stereocenters. The number of anilines is 1. The zero-order chi connectivity index (χ0) is 15.8. The number of carbonyl (C=O) groups is 1. The summed E-state index contributed by atoms with van der Waals surface area (Å²) in [5, 5.41) is 17.6. The number of pyridine rings is 1. The van der Waals surface area contributed by atoms with E-state index in [-0.39, 0.29) is 5.56 Å². The van der Waals surface area contributed by atoms with E-state index in [9.17, 15) is 9.90 Å². The second kappa shape index (κ2) is 5.33. The van der Waals surface area contributed by atoms with Crippen LogP contribution in [0.3, 0.4) is 0 Å². The summed E-state index contributed by atoms with van der Waals surface area (Å²) in [5.74, 6) is -1.02. The zero-order valence-electron chi connectivity index (χ0n) is 12.9. The highest BCUT2D eigenvalue weighted by Crippen LogP contribution is 2.29. The maximum atomic E-state index is 11.4. The normalized spacial score (nSPS) is 11.9. The fraction of sp³-hybridized carbons (Fsp3) is 0.500. The van der Waals surface area contributed by atoms with Crippen LogP contribution in [0, 0.1) is 6.92 Å². The molecule has 7 heteroatoms. The second-order valence-electron chi connectivity index (χ2n) is 5.58. The van der Waals surface area contributed by atoms with Crippen LogP contribution < -0.4 is 5.32 Å². The first-order chi connectivity index (χ1) is 9.76. The molecule has 0 fully saturated rings. The van der Waals surface area contributed by atoms with Crippen molar-refractivity contribution < 1.29 is 14.6 Å². The number of rotatable bonds is 5. The maximum absolute atomic E-state index is 11.4. The maximum Gasteiger partial charge on any atom is 0.339 e. The topological polar surface area (TPSA) is 89.3 Å². The minimum absolute atomic E-state index is 0.130. The molecule has 2 aromatic heterocycles. The predicted molar refractivity (Wildman–Crippen MR) is 79.8 cm³/mol. The van der Waals surface area contributed by atoms with Crippen LogP contribution >= 0.6 is 0 Å². The average Bonchev–Trinajstić information content (AvgIpc) is 2.71. The molecule has 114 valence electrons. The molecule has 0 aliphatic heterocycles. The number of nitrogens with zero attached hydrogens (tertiary/aromatic N) is 3. The van der Waals surface area contributed by atoms with E-state index in [1.807, 2.05) is 20.8 Å². The molecule has 0 aliphatic rings. The van der Waals surface area contributed by atoms with Crippen molar-refractivity contribution in [2.45, 2.75) is 26.4 Å². The minimum Gasteiger partial charge on any atom is -0.478 e. The number of aromatic carboxylic acids is 1. The fourth-order valence-electron chi connectivity index (χ4n) is 2.13. The minimum atomic E-state index is -1.02. The van der Waals surface area contributed by atoms with Crippen molar-refractivity contribution >= 4 is 22.7 Å². The van der Waals surface area contributed by atoms with Crippen molar-refractivity contribution in [2.75, 3.05) is 19.0 Å². The molecule has 2 N–H and O–H groups in total. The molecule has 0 amide bonds. The Balaban J connectivity index is 2.57. The fourth-order valence-corrected chi connectivity index (χ4v) is 2.13. The van der Waals surface area contributed by atoms with Gasteiger partial charge in [0, 0.05) is 26.9 Å². The molecule has 2 rings (SSSR count). The molecule has 21 heavy (non-hydrogen) atoms. The molecule has 0 bridgehead atoms. The van der Waals surface area contributed by atoms with Crippen LogP contribution in [0.15, 0.2) is 6.20 Å². The third-order valence-electron chi connectivity index (χ3n) is 3.50. The molecule has 7 nitrogen and oxygen atoms in total. The molecule has 0 spiro atoms. The SMILES string of the molecule is COC(C)(C)CNc1c(C(=O)O)cnc2c1c(C)nn2C. The van der Waals surface area contributed by atoms with Gasteiger partial charge in [-0.05, 0) is 20.8 Å².